The number of nitro groups is 1. The lowest BCUT2D eigenvalue weighted by atomic mass is 10.2. The fourth-order valence-electron chi connectivity index (χ4n) is 1.78. The molecule has 2 rings (SSSR count). The van der Waals surface area contributed by atoms with Crippen LogP contribution in [0.1, 0.15) is 5.56 Å². The first kappa shape index (κ1) is 14.6. The summed E-state index contributed by atoms with van der Waals surface area (Å²) in [5, 5.41) is 23.3. The zero-order valence-electron chi connectivity index (χ0n) is 11.2. The number of methoxy groups -OCH3 is 1. The molecule has 0 unspecified atom stereocenters. The van der Waals surface area contributed by atoms with Gasteiger partial charge in [0.05, 0.1) is 12.0 Å². The Morgan fingerprint density at radius 1 is 1.33 bits per heavy atom. The molecule has 0 aliphatic rings. The van der Waals surface area contributed by atoms with E-state index in [2.05, 4.69) is 5.32 Å². The second-order valence-corrected chi connectivity index (χ2v) is 4.27. The van der Waals surface area contributed by atoms with Gasteiger partial charge in [0.2, 0.25) is 5.82 Å². The average Bonchev–Trinajstić information content (AvgIpc) is 2.47. The van der Waals surface area contributed by atoms with Crippen LogP contribution in [-0.2, 0) is 6.54 Å². The van der Waals surface area contributed by atoms with Crippen LogP contribution in [0.2, 0.25) is 0 Å². The summed E-state index contributed by atoms with van der Waals surface area (Å²) in [6.07, 6.45) is 0. The van der Waals surface area contributed by atoms with Gasteiger partial charge in [0.15, 0.2) is 0 Å². The van der Waals surface area contributed by atoms with Crippen molar-refractivity contribution in [1.82, 2.24) is 0 Å². The van der Waals surface area contributed by atoms with Gasteiger partial charge in [0.1, 0.15) is 11.5 Å². The van der Waals surface area contributed by atoms with E-state index in [0.717, 1.165) is 12.1 Å². The Labute approximate surface area is 119 Å². The lowest BCUT2D eigenvalue weighted by Gasteiger charge is -2.09. The molecule has 7 heteroatoms. The van der Waals surface area contributed by atoms with Crippen molar-refractivity contribution in [3.8, 4) is 11.5 Å². The van der Waals surface area contributed by atoms with E-state index >= 15 is 0 Å². The van der Waals surface area contributed by atoms with E-state index in [0.29, 0.717) is 17.0 Å². The molecule has 2 aromatic rings. The van der Waals surface area contributed by atoms with Gasteiger partial charge in [-0.25, -0.2) is 0 Å². The molecule has 2 N–H and O–H groups in total. The van der Waals surface area contributed by atoms with Crippen molar-refractivity contribution in [2.45, 2.75) is 6.54 Å². The minimum atomic E-state index is -0.891. The van der Waals surface area contributed by atoms with Crippen molar-refractivity contribution < 1.29 is 19.2 Å². The Bertz CT molecular complexity index is 676. The maximum atomic E-state index is 13.2. The van der Waals surface area contributed by atoms with Crippen LogP contribution in [0.4, 0.5) is 15.8 Å². The Morgan fingerprint density at radius 3 is 2.71 bits per heavy atom. The van der Waals surface area contributed by atoms with E-state index in [4.69, 9.17) is 4.74 Å². The van der Waals surface area contributed by atoms with Crippen molar-refractivity contribution in [2.24, 2.45) is 0 Å². The molecule has 0 spiro atoms. The molecule has 0 radical (unpaired) electrons. The number of rotatable bonds is 5. The van der Waals surface area contributed by atoms with Crippen LogP contribution in [-0.4, -0.2) is 17.1 Å². The third-order valence-corrected chi connectivity index (χ3v) is 2.92. The third kappa shape index (κ3) is 3.38. The Balaban J connectivity index is 2.13. The zero-order chi connectivity index (χ0) is 15.4. The number of hydrogen-bond donors (Lipinski definition) is 2. The predicted octanol–water partition coefficient (Wildman–Crippen LogP) is 3.06. The fourth-order valence-corrected chi connectivity index (χ4v) is 1.78. The molecule has 0 bridgehead atoms. The largest absolute Gasteiger partial charge is 0.507 e. The Hall–Kier alpha value is -2.83. The van der Waals surface area contributed by atoms with Crippen LogP contribution < -0.4 is 10.1 Å². The Kier molecular flexibility index (Phi) is 4.22. The zero-order valence-corrected chi connectivity index (χ0v) is 11.2. The SMILES string of the molecule is COc1ccc(CNc2ccc(F)c([N+](=O)[O-])c2)c(O)c1. The van der Waals surface area contributed by atoms with Gasteiger partial charge >= 0.3 is 5.69 Å². The van der Waals surface area contributed by atoms with E-state index in [1.165, 1.54) is 19.2 Å². The fraction of sp³-hybridized carbons (Fsp3) is 0.143. The topological polar surface area (TPSA) is 84.6 Å². The number of phenolic OH excluding ortho intramolecular Hbond substituents is 1. The number of nitrogens with one attached hydrogen (secondary N) is 1. The molecule has 0 atom stereocenters. The summed E-state index contributed by atoms with van der Waals surface area (Å²) in [6, 6.07) is 8.33. The molecule has 0 amide bonds. The smallest absolute Gasteiger partial charge is 0.306 e. The van der Waals surface area contributed by atoms with Crippen LogP contribution in [0.15, 0.2) is 36.4 Å². The monoisotopic (exact) mass is 292 g/mol. The molecule has 6 nitrogen and oxygen atoms in total. The van der Waals surface area contributed by atoms with Crippen LogP contribution in [0, 0.1) is 15.9 Å². The number of halogens is 1. The van der Waals surface area contributed by atoms with Crippen LogP contribution in [0.3, 0.4) is 0 Å². The summed E-state index contributed by atoms with van der Waals surface area (Å²) < 4.78 is 18.2. The summed E-state index contributed by atoms with van der Waals surface area (Å²) in [6.45, 7) is 0.235. The highest BCUT2D eigenvalue weighted by molar-refractivity contribution is 5.52. The number of ether oxygens (including phenoxy) is 1. The van der Waals surface area contributed by atoms with Crippen LogP contribution in [0.5, 0.6) is 11.5 Å². The van der Waals surface area contributed by atoms with Gasteiger partial charge in [0, 0.05) is 29.9 Å². The normalized spacial score (nSPS) is 10.2. The second kappa shape index (κ2) is 6.08. The van der Waals surface area contributed by atoms with E-state index < -0.39 is 16.4 Å². The van der Waals surface area contributed by atoms with Crippen molar-refractivity contribution in [1.29, 1.82) is 0 Å². The van der Waals surface area contributed by atoms with E-state index in [1.807, 2.05) is 0 Å². The number of aromatic hydroxyl groups is 1. The first-order valence-electron chi connectivity index (χ1n) is 6.05. The van der Waals surface area contributed by atoms with Crippen LogP contribution >= 0.6 is 0 Å². The molecule has 21 heavy (non-hydrogen) atoms. The van der Waals surface area contributed by atoms with Crippen molar-refractivity contribution in [3.63, 3.8) is 0 Å². The number of hydrogen-bond acceptors (Lipinski definition) is 5. The van der Waals surface area contributed by atoms with Gasteiger partial charge in [-0.1, -0.05) is 0 Å². The molecule has 110 valence electrons. The first-order chi connectivity index (χ1) is 10.0. The van der Waals surface area contributed by atoms with Crippen molar-refractivity contribution in [3.05, 3.63) is 57.9 Å². The minimum absolute atomic E-state index is 0.0402. The molecule has 0 aliphatic carbocycles. The van der Waals surface area contributed by atoms with Crippen LogP contribution in [0.25, 0.3) is 0 Å². The number of nitro benzene ring substituents is 1. The molecule has 0 saturated heterocycles. The standard InChI is InChI=1S/C14H13FN2O4/c1-21-11-4-2-9(14(18)7-11)8-16-10-3-5-12(15)13(6-10)17(19)20/h2-7,16,18H,8H2,1H3. The molecule has 0 aromatic heterocycles. The molecule has 0 saturated carbocycles. The van der Waals surface area contributed by atoms with E-state index in [1.54, 1.807) is 12.1 Å². The summed E-state index contributed by atoms with van der Waals surface area (Å²) in [7, 11) is 1.49. The lowest BCUT2D eigenvalue weighted by molar-refractivity contribution is -0.387. The van der Waals surface area contributed by atoms with E-state index in [9.17, 15) is 19.6 Å². The van der Waals surface area contributed by atoms with E-state index in [-0.39, 0.29) is 12.3 Å². The number of phenols is 1. The molecule has 0 heterocycles. The summed E-state index contributed by atoms with van der Waals surface area (Å²) in [5.41, 5.74) is 0.375. The highest BCUT2D eigenvalue weighted by Gasteiger charge is 2.14. The maximum absolute atomic E-state index is 13.2. The van der Waals surface area contributed by atoms with Gasteiger partial charge in [-0.2, -0.15) is 4.39 Å². The molecule has 2 aromatic carbocycles. The highest BCUT2D eigenvalue weighted by atomic mass is 19.1. The quantitative estimate of drug-likeness (QED) is 0.653. The van der Waals surface area contributed by atoms with Gasteiger partial charge < -0.3 is 15.2 Å². The highest BCUT2D eigenvalue weighted by Crippen LogP contribution is 2.26. The molecular weight excluding hydrogens is 279 g/mol. The van der Waals surface area contributed by atoms with Gasteiger partial charge in [-0.15, -0.1) is 0 Å². The van der Waals surface area contributed by atoms with Crippen molar-refractivity contribution in [2.75, 3.05) is 12.4 Å². The summed E-state index contributed by atoms with van der Waals surface area (Å²) >= 11 is 0. The average molecular weight is 292 g/mol. The van der Waals surface area contributed by atoms with Gasteiger partial charge in [0.25, 0.3) is 0 Å². The first-order valence-corrected chi connectivity index (χ1v) is 6.05. The maximum Gasteiger partial charge on any atom is 0.306 e. The number of anilines is 1. The Morgan fingerprint density at radius 2 is 2.10 bits per heavy atom. The van der Waals surface area contributed by atoms with Gasteiger partial charge in [-0.3, -0.25) is 10.1 Å². The lowest BCUT2D eigenvalue weighted by Crippen LogP contribution is -2.01. The molecule has 0 aliphatic heterocycles. The number of benzene rings is 2. The predicted molar refractivity (Wildman–Crippen MR) is 75.0 cm³/mol. The second-order valence-electron chi connectivity index (χ2n) is 4.27. The number of nitrogens with zero attached hydrogens (tertiary/aromatic N) is 1. The minimum Gasteiger partial charge on any atom is -0.507 e. The van der Waals surface area contributed by atoms with Gasteiger partial charge in [-0.05, 0) is 24.3 Å². The van der Waals surface area contributed by atoms with Crippen molar-refractivity contribution >= 4 is 11.4 Å². The third-order valence-electron chi connectivity index (χ3n) is 2.92. The molecular formula is C14H13FN2O4. The summed E-state index contributed by atoms with van der Waals surface area (Å²) in [5.74, 6) is -0.329. The summed E-state index contributed by atoms with van der Waals surface area (Å²) in [4.78, 5) is 9.87. The molecule has 0 fully saturated rings.